The number of aromatic nitrogens is 2. The summed E-state index contributed by atoms with van der Waals surface area (Å²) in [5, 5.41) is 3.44. The Morgan fingerprint density at radius 1 is 1.47 bits per heavy atom. The minimum atomic E-state index is 0.484. The van der Waals surface area contributed by atoms with Crippen LogP contribution in [0.3, 0.4) is 0 Å². The zero-order chi connectivity index (χ0) is 10.7. The summed E-state index contributed by atoms with van der Waals surface area (Å²) in [5.41, 5.74) is 2.06. The first-order valence-corrected chi connectivity index (χ1v) is 5.33. The number of aryl methyl sites for hydroxylation is 1. The fourth-order valence-electron chi connectivity index (χ4n) is 1.52. The topological polar surface area (TPSA) is 47.0 Å². The van der Waals surface area contributed by atoms with E-state index in [1.165, 1.54) is 12.8 Å². The maximum absolute atomic E-state index is 5.03. The maximum Gasteiger partial charge on any atom is 0.154 e. The van der Waals surface area contributed by atoms with Crippen LogP contribution in [0.1, 0.15) is 30.1 Å². The van der Waals surface area contributed by atoms with Gasteiger partial charge in [-0.1, -0.05) is 0 Å². The van der Waals surface area contributed by atoms with Gasteiger partial charge in [0, 0.05) is 25.4 Å². The highest BCUT2D eigenvalue weighted by molar-refractivity contribution is 5.10. The number of nitrogens with zero attached hydrogens (tertiary/aromatic N) is 2. The monoisotopic (exact) mass is 207 g/mol. The molecule has 1 N–H and O–H groups in total. The lowest BCUT2D eigenvalue weighted by Gasteiger charge is -2.06. The van der Waals surface area contributed by atoms with Gasteiger partial charge in [-0.3, -0.25) is 0 Å². The number of rotatable bonds is 5. The van der Waals surface area contributed by atoms with Gasteiger partial charge in [-0.15, -0.1) is 0 Å². The van der Waals surface area contributed by atoms with Crippen LogP contribution in [-0.2, 0) is 17.9 Å². The molecule has 1 aromatic heterocycles. The van der Waals surface area contributed by atoms with Crippen LogP contribution >= 0.6 is 0 Å². The van der Waals surface area contributed by atoms with E-state index in [4.69, 9.17) is 4.74 Å². The second-order valence-corrected chi connectivity index (χ2v) is 4.01. The van der Waals surface area contributed by atoms with E-state index >= 15 is 0 Å². The van der Waals surface area contributed by atoms with E-state index in [1.54, 1.807) is 7.11 Å². The number of nitrogens with one attached hydrogen (secondary N) is 1. The molecule has 1 saturated carbocycles. The molecule has 4 heteroatoms. The zero-order valence-corrected chi connectivity index (χ0v) is 9.29. The average Bonchev–Trinajstić information content (AvgIpc) is 2.98. The third kappa shape index (κ3) is 3.25. The Balaban J connectivity index is 2.00. The lowest BCUT2D eigenvalue weighted by atomic mass is 10.3. The second-order valence-electron chi connectivity index (χ2n) is 4.01. The van der Waals surface area contributed by atoms with Gasteiger partial charge >= 0.3 is 0 Å². The minimum absolute atomic E-state index is 0.484. The van der Waals surface area contributed by atoms with Crippen LogP contribution in [0, 0.1) is 6.92 Å². The first kappa shape index (κ1) is 10.5. The van der Waals surface area contributed by atoms with Crippen LogP contribution in [0.15, 0.2) is 6.07 Å². The lowest BCUT2D eigenvalue weighted by Crippen LogP contribution is -2.17. The van der Waals surface area contributed by atoms with Crippen molar-refractivity contribution >= 4 is 0 Å². The number of methoxy groups -OCH3 is 1. The van der Waals surface area contributed by atoms with Crippen molar-refractivity contribution in [2.45, 2.75) is 39.0 Å². The molecule has 82 valence electrons. The molecular formula is C11H17N3O. The molecule has 1 heterocycles. The zero-order valence-electron chi connectivity index (χ0n) is 9.29. The molecule has 0 saturated heterocycles. The summed E-state index contributed by atoms with van der Waals surface area (Å²) >= 11 is 0. The molecule has 1 aliphatic rings. The van der Waals surface area contributed by atoms with Gasteiger partial charge in [0.05, 0.1) is 5.69 Å². The van der Waals surface area contributed by atoms with Crippen LogP contribution in [0.2, 0.25) is 0 Å². The molecule has 0 aliphatic heterocycles. The Hall–Kier alpha value is -1.00. The molecule has 0 atom stereocenters. The summed E-state index contributed by atoms with van der Waals surface area (Å²) < 4.78 is 5.03. The molecule has 1 aromatic rings. The van der Waals surface area contributed by atoms with Crippen molar-refractivity contribution in [3.63, 3.8) is 0 Å². The second kappa shape index (κ2) is 4.68. The number of hydrogen-bond acceptors (Lipinski definition) is 4. The van der Waals surface area contributed by atoms with Gasteiger partial charge < -0.3 is 10.1 Å². The number of ether oxygens (including phenoxy) is 1. The van der Waals surface area contributed by atoms with Crippen molar-refractivity contribution in [1.82, 2.24) is 15.3 Å². The van der Waals surface area contributed by atoms with Crippen LogP contribution in [0.25, 0.3) is 0 Å². The summed E-state index contributed by atoms with van der Waals surface area (Å²) in [4.78, 5) is 8.73. The largest absolute Gasteiger partial charge is 0.377 e. The molecule has 0 bridgehead atoms. The van der Waals surface area contributed by atoms with Crippen molar-refractivity contribution in [1.29, 1.82) is 0 Å². The first-order chi connectivity index (χ1) is 7.28. The minimum Gasteiger partial charge on any atom is -0.377 e. The molecule has 0 amide bonds. The standard InChI is InChI=1S/C11H17N3O/c1-8-5-10(6-12-9-3-4-9)14-11(13-8)7-15-2/h5,9,12H,3-4,6-7H2,1-2H3. The van der Waals surface area contributed by atoms with Crippen LogP contribution in [0.5, 0.6) is 0 Å². The summed E-state index contributed by atoms with van der Waals surface area (Å²) in [6.07, 6.45) is 2.60. The summed E-state index contributed by atoms with van der Waals surface area (Å²) in [5.74, 6) is 0.769. The van der Waals surface area contributed by atoms with Gasteiger partial charge in [0.25, 0.3) is 0 Å². The fourth-order valence-corrected chi connectivity index (χ4v) is 1.52. The van der Waals surface area contributed by atoms with Crippen LogP contribution < -0.4 is 5.32 Å². The molecule has 0 spiro atoms. The van der Waals surface area contributed by atoms with E-state index in [-0.39, 0.29) is 0 Å². The smallest absolute Gasteiger partial charge is 0.154 e. The van der Waals surface area contributed by atoms with Crippen molar-refractivity contribution < 1.29 is 4.74 Å². The van der Waals surface area contributed by atoms with E-state index in [9.17, 15) is 0 Å². The summed E-state index contributed by atoms with van der Waals surface area (Å²) in [7, 11) is 1.66. The Bertz CT molecular complexity index is 337. The van der Waals surface area contributed by atoms with Gasteiger partial charge in [-0.25, -0.2) is 9.97 Å². The van der Waals surface area contributed by atoms with Gasteiger partial charge in [0.2, 0.25) is 0 Å². The summed E-state index contributed by atoms with van der Waals surface area (Å²) in [6, 6.07) is 2.74. The van der Waals surface area contributed by atoms with E-state index in [1.807, 2.05) is 13.0 Å². The maximum atomic E-state index is 5.03. The highest BCUT2D eigenvalue weighted by Crippen LogP contribution is 2.19. The molecule has 1 fully saturated rings. The molecule has 4 nitrogen and oxygen atoms in total. The van der Waals surface area contributed by atoms with Gasteiger partial charge in [0.1, 0.15) is 6.61 Å². The Kier molecular flexibility index (Phi) is 3.28. The third-order valence-corrected chi connectivity index (χ3v) is 2.38. The Labute approximate surface area is 90.1 Å². The van der Waals surface area contributed by atoms with E-state index in [2.05, 4.69) is 15.3 Å². The van der Waals surface area contributed by atoms with E-state index in [0.29, 0.717) is 12.6 Å². The van der Waals surface area contributed by atoms with E-state index in [0.717, 1.165) is 23.8 Å². The van der Waals surface area contributed by atoms with Crippen molar-refractivity contribution in [3.8, 4) is 0 Å². The first-order valence-electron chi connectivity index (χ1n) is 5.33. The molecule has 0 aromatic carbocycles. The van der Waals surface area contributed by atoms with Crippen molar-refractivity contribution in [3.05, 3.63) is 23.3 Å². The molecule has 2 rings (SSSR count). The number of hydrogen-bond donors (Lipinski definition) is 1. The molecule has 15 heavy (non-hydrogen) atoms. The molecular weight excluding hydrogens is 190 g/mol. The van der Waals surface area contributed by atoms with Gasteiger partial charge in [-0.05, 0) is 25.8 Å². The Morgan fingerprint density at radius 3 is 2.93 bits per heavy atom. The Morgan fingerprint density at radius 2 is 2.27 bits per heavy atom. The molecule has 0 unspecified atom stereocenters. The molecule has 1 aliphatic carbocycles. The van der Waals surface area contributed by atoms with Crippen LogP contribution in [0.4, 0.5) is 0 Å². The SMILES string of the molecule is COCc1nc(C)cc(CNC2CC2)n1. The highest BCUT2D eigenvalue weighted by Gasteiger charge is 2.20. The molecule has 0 radical (unpaired) electrons. The predicted octanol–water partition coefficient (Wildman–Crippen LogP) is 1.18. The van der Waals surface area contributed by atoms with Crippen molar-refractivity contribution in [2.75, 3.05) is 7.11 Å². The van der Waals surface area contributed by atoms with Crippen LogP contribution in [-0.4, -0.2) is 23.1 Å². The average molecular weight is 207 g/mol. The van der Waals surface area contributed by atoms with Crippen molar-refractivity contribution in [2.24, 2.45) is 0 Å². The van der Waals surface area contributed by atoms with Gasteiger partial charge in [0.15, 0.2) is 5.82 Å². The normalized spacial score (nSPS) is 15.6. The third-order valence-electron chi connectivity index (χ3n) is 2.38. The predicted molar refractivity (Wildman–Crippen MR) is 57.3 cm³/mol. The summed E-state index contributed by atoms with van der Waals surface area (Å²) in [6.45, 7) is 3.31. The van der Waals surface area contributed by atoms with Gasteiger partial charge in [-0.2, -0.15) is 0 Å². The van der Waals surface area contributed by atoms with E-state index < -0.39 is 0 Å². The lowest BCUT2D eigenvalue weighted by molar-refractivity contribution is 0.177. The quantitative estimate of drug-likeness (QED) is 0.787. The fraction of sp³-hybridized carbons (Fsp3) is 0.636. The highest BCUT2D eigenvalue weighted by atomic mass is 16.5.